The van der Waals surface area contributed by atoms with E-state index in [1.807, 2.05) is 12.1 Å². The lowest BCUT2D eigenvalue weighted by molar-refractivity contribution is -0.142. The number of hydrogen-bond donors (Lipinski definition) is 1. The summed E-state index contributed by atoms with van der Waals surface area (Å²) >= 11 is 11.8. The molecule has 2 aromatic carbocycles. The third-order valence-electron chi connectivity index (χ3n) is 3.84. The Balaban J connectivity index is 2.12. The van der Waals surface area contributed by atoms with Crippen molar-refractivity contribution in [1.29, 1.82) is 0 Å². The number of amides is 2. The molecule has 0 saturated carbocycles. The zero-order valence-electron chi connectivity index (χ0n) is 14.5. The molecule has 138 valence electrons. The van der Waals surface area contributed by atoms with Crippen molar-refractivity contribution < 1.29 is 14.3 Å². The third-order valence-corrected chi connectivity index (χ3v) is 4.33. The van der Waals surface area contributed by atoms with Gasteiger partial charge in [0, 0.05) is 23.6 Å². The van der Waals surface area contributed by atoms with Crippen LogP contribution in [-0.2, 0) is 16.1 Å². The van der Waals surface area contributed by atoms with Gasteiger partial charge in [0.25, 0.3) is 5.91 Å². The average Bonchev–Trinajstić information content (AvgIpc) is 2.64. The molecule has 0 aromatic heterocycles. The number of carbonyl (C=O) groups is 2. The highest BCUT2D eigenvalue weighted by Crippen LogP contribution is 2.18. The zero-order valence-corrected chi connectivity index (χ0v) is 16.1. The van der Waals surface area contributed by atoms with Crippen LogP contribution < -0.4 is 10.1 Å². The van der Waals surface area contributed by atoms with Crippen molar-refractivity contribution in [2.45, 2.75) is 19.5 Å². The van der Waals surface area contributed by atoms with Crippen LogP contribution in [0.5, 0.6) is 5.75 Å². The second kappa shape index (κ2) is 9.46. The number of halogens is 2. The minimum absolute atomic E-state index is 0.199. The van der Waals surface area contributed by atoms with Gasteiger partial charge in [-0.05, 0) is 42.8 Å². The molecule has 0 bridgehead atoms. The highest BCUT2D eigenvalue weighted by molar-refractivity contribution is 6.30. The van der Waals surface area contributed by atoms with Crippen LogP contribution in [0.4, 0.5) is 0 Å². The number of benzene rings is 2. The summed E-state index contributed by atoms with van der Waals surface area (Å²) < 4.78 is 5.52. The van der Waals surface area contributed by atoms with Crippen molar-refractivity contribution in [1.82, 2.24) is 10.2 Å². The van der Waals surface area contributed by atoms with E-state index < -0.39 is 6.04 Å². The fourth-order valence-corrected chi connectivity index (χ4v) is 2.67. The summed E-state index contributed by atoms with van der Waals surface area (Å²) in [6.45, 7) is 1.74. The summed E-state index contributed by atoms with van der Waals surface area (Å²) in [7, 11) is 1.53. The van der Waals surface area contributed by atoms with Gasteiger partial charge in [-0.1, -0.05) is 41.4 Å². The van der Waals surface area contributed by atoms with Crippen LogP contribution in [0, 0.1) is 0 Å². The maximum absolute atomic E-state index is 12.7. The maximum Gasteiger partial charge on any atom is 0.261 e. The van der Waals surface area contributed by atoms with Gasteiger partial charge in [-0.2, -0.15) is 0 Å². The Morgan fingerprint density at radius 1 is 1.12 bits per heavy atom. The first-order chi connectivity index (χ1) is 12.4. The Morgan fingerprint density at radius 3 is 2.42 bits per heavy atom. The van der Waals surface area contributed by atoms with Crippen molar-refractivity contribution in [3.63, 3.8) is 0 Å². The number of nitrogens with zero attached hydrogens (tertiary/aromatic N) is 1. The fourth-order valence-electron chi connectivity index (χ4n) is 2.36. The first-order valence-electron chi connectivity index (χ1n) is 8.04. The number of nitrogens with one attached hydrogen (secondary N) is 1. The number of carbonyl (C=O) groups excluding carboxylic acids is 2. The molecule has 0 aliphatic heterocycles. The molecule has 0 heterocycles. The highest BCUT2D eigenvalue weighted by Gasteiger charge is 2.25. The van der Waals surface area contributed by atoms with E-state index in [1.54, 1.807) is 43.3 Å². The number of likely N-dealkylation sites (N-methyl/N-ethyl adjacent to an activating group) is 1. The van der Waals surface area contributed by atoms with Gasteiger partial charge in [0.05, 0.1) is 0 Å². The molecule has 2 rings (SSSR count). The molecule has 7 heteroatoms. The van der Waals surface area contributed by atoms with E-state index in [1.165, 1.54) is 11.9 Å². The SMILES string of the molecule is CNC(=O)C(C)N(Cc1ccc(Cl)cc1)C(=O)COc1cccc(Cl)c1. The number of hydrogen-bond acceptors (Lipinski definition) is 3. The molecule has 0 radical (unpaired) electrons. The van der Waals surface area contributed by atoms with Crippen LogP contribution in [0.25, 0.3) is 0 Å². The van der Waals surface area contributed by atoms with Gasteiger partial charge in [0.1, 0.15) is 11.8 Å². The average molecular weight is 395 g/mol. The van der Waals surface area contributed by atoms with Crippen molar-refractivity contribution >= 4 is 35.0 Å². The molecule has 0 spiro atoms. The minimum Gasteiger partial charge on any atom is -0.484 e. The maximum atomic E-state index is 12.7. The molecule has 0 saturated heterocycles. The molecule has 1 unspecified atom stereocenters. The van der Waals surface area contributed by atoms with Crippen LogP contribution in [0.15, 0.2) is 48.5 Å². The van der Waals surface area contributed by atoms with Crippen LogP contribution in [0.2, 0.25) is 10.0 Å². The van der Waals surface area contributed by atoms with Crippen molar-refractivity contribution in [2.75, 3.05) is 13.7 Å². The van der Waals surface area contributed by atoms with Crippen LogP contribution in [0.1, 0.15) is 12.5 Å². The second-order valence-electron chi connectivity index (χ2n) is 5.68. The standard InChI is InChI=1S/C19H20Cl2N2O3/c1-13(19(25)22-2)23(11-14-6-8-15(20)9-7-14)18(24)12-26-17-5-3-4-16(21)10-17/h3-10,13H,11-12H2,1-2H3,(H,22,25). The first kappa shape index (κ1) is 20.1. The van der Waals surface area contributed by atoms with Gasteiger partial charge in [-0.25, -0.2) is 0 Å². The van der Waals surface area contributed by atoms with Gasteiger partial charge in [-0.15, -0.1) is 0 Å². The Morgan fingerprint density at radius 2 is 1.81 bits per heavy atom. The summed E-state index contributed by atoms with van der Waals surface area (Å²) in [4.78, 5) is 26.2. The summed E-state index contributed by atoms with van der Waals surface area (Å²) in [6, 6.07) is 13.3. The lowest BCUT2D eigenvalue weighted by Gasteiger charge is -2.28. The van der Waals surface area contributed by atoms with E-state index in [2.05, 4.69) is 5.32 Å². The predicted octanol–water partition coefficient (Wildman–Crippen LogP) is 3.54. The molecule has 2 aromatic rings. The van der Waals surface area contributed by atoms with Gasteiger partial charge in [0.2, 0.25) is 5.91 Å². The van der Waals surface area contributed by atoms with Crippen LogP contribution >= 0.6 is 23.2 Å². The minimum atomic E-state index is -0.647. The fraction of sp³-hybridized carbons (Fsp3) is 0.263. The van der Waals surface area contributed by atoms with Crippen LogP contribution in [-0.4, -0.2) is 36.4 Å². The van der Waals surface area contributed by atoms with Gasteiger partial charge in [-0.3, -0.25) is 9.59 Å². The summed E-state index contributed by atoms with van der Waals surface area (Å²) in [5.41, 5.74) is 0.862. The van der Waals surface area contributed by atoms with E-state index in [4.69, 9.17) is 27.9 Å². The normalized spacial score (nSPS) is 11.5. The molecule has 2 amide bonds. The Labute approximate surface area is 162 Å². The zero-order chi connectivity index (χ0) is 19.1. The van der Waals surface area contributed by atoms with Gasteiger partial charge in [0.15, 0.2) is 6.61 Å². The number of ether oxygens (including phenoxy) is 1. The van der Waals surface area contributed by atoms with Gasteiger partial charge >= 0.3 is 0 Å². The molecule has 0 aliphatic carbocycles. The Kier molecular flexibility index (Phi) is 7.30. The van der Waals surface area contributed by atoms with Crippen molar-refractivity contribution in [2.24, 2.45) is 0 Å². The highest BCUT2D eigenvalue weighted by atomic mass is 35.5. The smallest absolute Gasteiger partial charge is 0.261 e. The monoisotopic (exact) mass is 394 g/mol. The Bertz CT molecular complexity index is 766. The largest absolute Gasteiger partial charge is 0.484 e. The lowest BCUT2D eigenvalue weighted by Crippen LogP contribution is -2.48. The van der Waals surface area contributed by atoms with Crippen molar-refractivity contribution in [3.05, 3.63) is 64.1 Å². The lowest BCUT2D eigenvalue weighted by atomic mass is 10.1. The molecule has 0 aliphatic rings. The van der Waals surface area contributed by atoms with Crippen LogP contribution in [0.3, 0.4) is 0 Å². The molecule has 0 fully saturated rings. The van der Waals surface area contributed by atoms with E-state index in [0.29, 0.717) is 15.8 Å². The summed E-state index contributed by atoms with van der Waals surface area (Å²) in [5, 5.41) is 3.69. The molecule has 1 atom stereocenters. The number of rotatable bonds is 7. The van der Waals surface area contributed by atoms with Crippen molar-refractivity contribution in [3.8, 4) is 5.75 Å². The van der Waals surface area contributed by atoms with E-state index >= 15 is 0 Å². The molecular weight excluding hydrogens is 375 g/mol. The quantitative estimate of drug-likeness (QED) is 0.780. The van der Waals surface area contributed by atoms with E-state index in [9.17, 15) is 9.59 Å². The van der Waals surface area contributed by atoms with Gasteiger partial charge < -0.3 is 15.0 Å². The summed E-state index contributed by atoms with van der Waals surface area (Å²) in [5.74, 6) is -0.0732. The molecule has 5 nitrogen and oxygen atoms in total. The predicted molar refractivity (Wildman–Crippen MR) is 102 cm³/mol. The van der Waals surface area contributed by atoms with E-state index in [-0.39, 0.29) is 25.0 Å². The summed E-state index contributed by atoms with van der Waals surface area (Å²) in [6.07, 6.45) is 0. The van der Waals surface area contributed by atoms with E-state index in [0.717, 1.165) is 5.56 Å². The molecule has 26 heavy (non-hydrogen) atoms. The topological polar surface area (TPSA) is 58.6 Å². The second-order valence-corrected chi connectivity index (χ2v) is 6.56. The molecule has 1 N–H and O–H groups in total. The third kappa shape index (κ3) is 5.64. The first-order valence-corrected chi connectivity index (χ1v) is 8.80. The molecular formula is C19H20Cl2N2O3. The Hall–Kier alpha value is -2.24.